The lowest BCUT2D eigenvalue weighted by molar-refractivity contribution is 0.102. The van der Waals surface area contributed by atoms with Crippen molar-refractivity contribution in [2.24, 2.45) is 0 Å². The molecule has 4 nitrogen and oxygen atoms in total. The van der Waals surface area contributed by atoms with Crippen molar-refractivity contribution < 1.29 is 9.18 Å². The lowest BCUT2D eigenvalue weighted by atomic mass is 10.2. The fraction of sp³-hybridized carbons (Fsp3) is 0. The van der Waals surface area contributed by atoms with Crippen LogP contribution in [0.2, 0.25) is 0 Å². The summed E-state index contributed by atoms with van der Waals surface area (Å²) < 4.78 is 13.6. The van der Waals surface area contributed by atoms with Crippen LogP contribution in [-0.2, 0) is 0 Å². The highest BCUT2D eigenvalue weighted by Gasteiger charge is 2.07. The number of benzene rings is 2. The van der Waals surface area contributed by atoms with Gasteiger partial charge in [0, 0.05) is 11.9 Å². The van der Waals surface area contributed by atoms with Crippen LogP contribution in [0.1, 0.15) is 10.4 Å². The van der Waals surface area contributed by atoms with E-state index in [0.717, 1.165) is 0 Å². The van der Waals surface area contributed by atoms with E-state index in [1.807, 2.05) is 18.2 Å². The van der Waals surface area contributed by atoms with Crippen molar-refractivity contribution in [1.29, 1.82) is 0 Å². The zero-order chi connectivity index (χ0) is 16.1. The fourth-order valence-electron chi connectivity index (χ4n) is 2.03. The summed E-state index contributed by atoms with van der Waals surface area (Å²) in [4.78, 5) is 16.2. The van der Waals surface area contributed by atoms with E-state index in [0.29, 0.717) is 22.8 Å². The number of anilines is 3. The molecule has 0 fully saturated rings. The highest BCUT2D eigenvalue weighted by atomic mass is 19.1. The molecule has 114 valence electrons. The molecule has 0 aliphatic carbocycles. The molecule has 0 bridgehead atoms. The standard InChI is InChI=1S/C18H14FN3O/c19-15-8-4-5-9-16(15)22-17-11-10-13(12-20-17)18(23)21-14-6-2-1-3-7-14/h1-12H,(H,20,22)(H,21,23). The summed E-state index contributed by atoms with van der Waals surface area (Å²) in [6.45, 7) is 0. The molecule has 0 atom stereocenters. The first kappa shape index (κ1) is 14.7. The lowest BCUT2D eigenvalue weighted by Gasteiger charge is -2.08. The SMILES string of the molecule is O=C(Nc1ccccc1)c1ccc(Nc2ccccc2F)nc1. The maximum absolute atomic E-state index is 13.6. The molecule has 2 aromatic carbocycles. The maximum Gasteiger partial charge on any atom is 0.257 e. The van der Waals surface area contributed by atoms with Gasteiger partial charge in [0.25, 0.3) is 5.91 Å². The number of pyridine rings is 1. The Labute approximate surface area is 133 Å². The van der Waals surface area contributed by atoms with E-state index in [9.17, 15) is 9.18 Å². The Kier molecular flexibility index (Phi) is 4.29. The molecule has 0 radical (unpaired) electrons. The van der Waals surface area contributed by atoms with Crippen LogP contribution in [-0.4, -0.2) is 10.9 Å². The van der Waals surface area contributed by atoms with Crippen molar-refractivity contribution in [3.05, 3.63) is 84.3 Å². The fourth-order valence-corrected chi connectivity index (χ4v) is 2.03. The van der Waals surface area contributed by atoms with Gasteiger partial charge in [-0.1, -0.05) is 30.3 Å². The minimum absolute atomic E-state index is 0.249. The Hall–Kier alpha value is -3.21. The van der Waals surface area contributed by atoms with E-state index < -0.39 is 0 Å². The van der Waals surface area contributed by atoms with E-state index in [2.05, 4.69) is 15.6 Å². The van der Waals surface area contributed by atoms with Crippen LogP contribution < -0.4 is 10.6 Å². The third-order valence-corrected chi connectivity index (χ3v) is 3.19. The molecular weight excluding hydrogens is 293 g/mol. The summed E-state index contributed by atoms with van der Waals surface area (Å²) in [5, 5.41) is 5.65. The first-order chi connectivity index (χ1) is 11.2. The molecule has 2 N–H and O–H groups in total. The van der Waals surface area contributed by atoms with E-state index >= 15 is 0 Å². The zero-order valence-electron chi connectivity index (χ0n) is 12.2. The number of hydrogen-bond donors (Lipinski definition) is 2. The molecule has 0 aliphatic rings. The molecule has 1 amide bonds. The van der Waals surface area contributed by atoms with Gasteiger partial charge in [-0.2, -0.15) is 0 Å². The van der Waals surface area contributed by atoms with Crippen molar-refractivity contribution in [2.45, 2.75) is 0 Å². The van der Waals surface area contributed by atoms with E-state index in [-0.39, 0.29) is 11.7 Å². The van der Waals surface area contributed by atoms with Gasteiger partial charge in [0.2, 0.25) is 0 Å². The molecule has 1 heterocycles. The Morgan fingerprint density at radius 3 is 2.35 bits per heavy atom. The van der Waals surface area contributed by atoms with Gasteiger partial charge in [0.15, 0.2) is 0 Å². The quantitative estimate of drug-likeness (QED) is 0.759. The molecule has 0 spiro atoms. The number of carbonyl (C=O) groups is 1. The molecule has 1 aromatic heterocycles. The first-order valence-corrected chi connectivity index (χ1v) is 7.06. The van der Waals surface area contributed by atoms with Crippen molar-refractivity contribution in [2.75, 3.05) is 10.6 Å². The molecule has 5 heteroatoms. The van der Waals surface area contributed by atoms with Crippen molar-refractivity contribution in [3.63, 3.8) is 0 Å². The molecule has 23 heavy (non-hydrogen) atoms. The van der Waals surface area contributed by atoms with Crippen LogP contribution in [0.4, 0.5) is 21.6 Å². The average Bonchev–Trinajstić information content (AvgIpc) is 2.58. The van der Waals surface area contributed by atoms with Gasteiger partial charge < -0.3 is 10.6 Å². The Bertz CT molecular complexity index is 804. The van der Waals surface area contributed by atoms with Gasteiger partial charge >= 0.3 is 0 Å². The molecule has 3 rings (SSSR count). The van der Waals surface area contributed by atoms with Crippen LogP contribution in [0.15, 0.2) is 72.9 Å². The number of hydrogen-bond acceptors (Lipinski definition) is 3. The Balaban J connectivity index is 1.69. The Morgan fingerprint density at radius 2 is 1.65 bits per heavy atom. The molecule has 0 aliphatic heterocycles. The largest absolute Gasteiger partial charge is 0.338 e. The van der Waals surface area contributed by atoms with E-state index in [1.54, 1.807) is 42.5 Å². The first-order valence-electron chi connectivity index (χ1n) is 7.06. The smallest absolute Gasteiger partial charge is 0.257 e. The van der Waals surface area contributed by atoms with Crippen LogP contribution >= 0.6 is 0 Å². The van der Waals surface area contributed by atoms with Gasteiger partial charge in [-0.25, -0.2) is 9.37 Å². The number of rotatable bonds is 4. The molecule has 3 aromatic rings. The molecule has 0 unspecified atom stereocenters. The van der Waals surface area contributed by atoms with Crippen LogP contribution in [0, 0.1) is 5.82 Å². The highest BCUT2D eigenvalue weighted by Crippen LogP contribution is 2.18. The normalized spacial score (nSPS) is 10.1. The maximum atomic E-state index is 13.6. The lowest BCUT2D eigenvalue weighted by Crippen LogP contribution is -2.12. The predicted octanol–water partition coefficient (Wildman–Crippen LogP) is 4.22. The Morgan fingerprint density at radius 1 is 0.913 bits per heavy atom. The monoisotopic (exact) mass is 307 g/mol. The molecular formula is C18H14FN3O. The second-order valence-corrected chi connectivity index (χ2v) is 4.86. The number of aromatic nitrogens is 1. The van der Waals surface area contributed by atoms with Gasteiger partial charge in [-0.15, -0.1) is 0 Å². The van der Waals surface area contributed by atoms with Crippen LogP contribution in [0.3, 0.4) is 0 Å². The summed E-state index contributed by atoms with van der Waals surface area (Å²) in [6.07, 6.45) is 1.45. The summed E-state index contributed by atoms with van der Waals surface area (Å²) in [6, 6.07) is 18.8. The van der Waals surface area contributed by atoms with Crippen molar-refractivity contribution in [3.8, 4) is 0 Å². The third kappa shape index (κ3) is 3.71. The van der Waals surface area contributed by atoms with E-state index in [1.165, 1.54) is 12.3 Å². The average molecular weight is 307 g/mol. The number of amides is 1. The number of carbonyl (C=O) groups excluding carboxylic acids is 1. The number of para-hydroxylation sites is 2. The minimum atomic E-state index is -0.361. The summed E-state index contributed by atoms with van der Waals surface area (Å²) in [7, 11) is 0. The number of nitrogens with one attached hydrogen (secondary N) is 2. The third-order valence-electron chi connectivity index (χ3n) is 3.19. The summed E-state index contributed by atoms with van der Waals surface area (Å²) >= 11 is 0. The molecule has 0 saturated heterocycles. The van der Waals surface area contributed by atoms with Crippen LogP contribution in [0.5, 0.6) is 0 Å². The van der Waals surface area contributed by atoms with Crippen molar-refractivity contribution in [1.82, 2.24) is 4.98 Å². The van der Waals surface area contributed by atoms with Crippen LogP contribution in [0.25, 0.3) is 0 Å². The van der Waals surface area contributed by atoms with Gasteiger partial charge in [0.05, 0.1) is 11.3 Å². The highest BCUT2D eigenvalue weighted by molar-refractivity contribution is 6.04. The van der Waals surface area contributed by atoms with Gasteiger partial charge in [-0.05, 0) is 36.4 Å². The second kappa shape index (κ2) is 6.70. The van der Waals surface area contributed by atoms with E-state index in [4.69, 9.17) is 0 Å². The summed E-state index contributed by atoms with van der Waals surface area (Å²) in [5.74, 6) is -0.146. The predicted molar refractivity (Wildman–Crippen MR) is 88.3 cm³/mol. The zero-order valence-corrected chi connectivity index (χ0v) is 12.2. The number of nitrogens with zero attached hydrogens (tertiary/aromatic N) is 1. The van der Waals surface area contributed by atoms with Gasteiger partial charge in [0.1, 0.15) is 11.6 Å². The minimum Gasteiger partial charge on any atom is -0.338 e. The number of halogens is 1. The topological polar surface area (TPSA) is 54.0 Å². The summed E-state index contributed by atoms with van der Waals surface area (Å²) in [5.41, 5.74) is 1.47. The molecule has 0 saturated carbocycles. The van der Waals surface area contributed by atoms with Gasteiger partial charge in [-0.3, -0.25) is 4.79 Å². The second-order valence-electron chi connectivity index (χ2n) is 4.86. The van der Waals surface area contributed by atoms with Crippen molar-refractivity contribution >= 4 is 23.1 Å².